The van der Waals surface area contributed by atoms with E-state index in [9.17, 15) is 14.9 Å². The van der Waals surface area contributed by atoms with Crippen molar-refractivity contribution in [3.8, 4) is 23.4 Å². The summed E-state index contributed by atoms with van der Waals surface area (Å²) in [5, 5.41) is 9.39. The first-order valence-electron chi connectivity index (χ1n) is 9.12. The molecule has 1 aromatic carbocycles. The molecule has 3 aromatic rings. The molecule has 8 nitrogen and oxygen atoms in total. The molecule has 0 fully saturated rings. The van der Waals surface area contributed by atoms with Gasteiger partial charge in [-0.3, -0.25) is 9.20 Å². The van der Waals surface area contributed by atoms with Crippen molar-refractivity contribution in [2.45, 2.75) is 13.8 Å². The molecule has 152 valence electrons. The predicted molar refractivity (Wildman–Crippen MR) is 109 cm³/mol. The van der Waals surface area contributed by atoms with E-state index in [4.69, 9.17) is 14.2 Å². The van der Waals surface area contributed by atoms with Gasteiger partial charge in [0.2, 0.25) is 5.88 Å². The van der Waals surface area contributed by atoms with Crippen molar-refractivity contribution in [1.82, 2.24) is 9.38 Å². The normalized spacial score (nSPS) is 11.1. The van der Waals surface area contributed by atoms with E-state index in [2.05, 4.69) is 4.98 Å². The number of hydrogen-bond acceptors (Lipinski definition) is 7. The Kier molecular flexibility index (Phi) is 6.13. The van der Waals surface area contributed by atoms with Crippen LogP contribution in [0.25, 0.3) is 11.7 Å². The predicted octanol–water partition coefficient (Wildman–Crippen LogP) is 3.27. The van der Waals surface area contributed by atoms with E-state index >= 15 is 0 Å². The molecule has 0 spiro atoms. The quantitative estimate of drug-likeness (QED) is 0.352. The minimum Gasteiger partial charge on any atom is -0.493 e. The van der Waals surface area contributed by atoms with Crippen LogP contribution in [0.3, 0.4) is 0 Å². The molecule has 0 radical (unpaired) electrons. The molecule has 30 heavy (non-hydrogen) atoms. The van der Waals surface area contributed by atoms with Crippen LogP contribution in [-0.4, -0.2) is 29.1 Å². The molecule has 0 aliphatic carbocycles. The number of hydrogen-bond donors (Lipinski definition) is 0. The fraction of sp³-hybridized carbons (Fsp3) is 0.182. The number of aromatic nitrogens is 2. The van der Waals surface area contributed by atoms with Gasteiger partial charge in [-0.05, 0) is 43.7 Å². The van der Waals surface area contributed by atoms with Crippen LogP contribution in [0, 0.1) is 18.3 Å². The summed E-state index contributed by atoms with van der Waals surface area (Å²) >= 11 is 0. The van der Waals surface area contributed by atoms with Gasteiger partial charge in [0, 0.05) is 6.20 Å². The van der Waals surface area contributed by atoms with Gasteiger partial charge in [-0.1, -0.05) is 18.2 Å². The lowest BCUT2D eigenvalue weighted by molar-refractivity contribution is -0.137. The van der Waals surface area contributed by atoms with E-state index in [1.165, 1.54) is 11.5 Å². The van der Waals surface area contributed by atoms with Crippen molar-refractivity contribution < 1.29 is 19.0 Å². The highest BCUT2D eigenvalue weighted by Gasteiger charge is 2.19. The Labute approximate surface area is 172 Å². The van der Waals surface area contributed by atoms with Gasteiger partial charge in [0.15, 0.2) is 11.5 Å². The maximum absolute atomic E-state index is 13.2. The molecule has 2 heterocycles. The van der Waals surface area contributed by atoms with Crippen molar-refractivity contribution in [3.63, 3.8) is 0 Å². The summed E-state index contributed by atoms with van der Waals surface area (Å²) in [7, 11) is 1.49. The molecular formula is C22H19N3O5. The molecule has 0 N–H and O–H groups in total. The summed E-state index contributed by atoms with van der Waals surface area (Å²) in [6.45, 7) is 3.53. The average molecular weight is 405 g/mol. The van der Waals surface area contributed by atoms with E-state index in [0.29, 0.717) is 17.1 Å². The number of carbonyl (C=O) groups excluding carboxylic acids is 1. The maximum atomic E-state index is 13.2. The third-order valence-electron chi connectivity index (χ3n) is 4.23. The highest BCUT2D eigenvalue weighted by atomic mass is 16.5. The maximum Gasteiger partial charge on any atom is 0.348 e. The van der Waals surface area contributed by atoms with Gasteiger partial charge in [0.05, 0.1) is 13.7 Å². The topological polar surface area (TPSA) is 103 Å². The Bertz CT molecular complexity index is 1240. The molecule has 0 bridgehead atoms. The minimum absolute atomic E-state index is 0.0594. The van der Waals surface area contributed by atoms with Crippen LogP contribution in [0.15, 0.2) is 53.0 Å². The second-order valence-electron chi connectivity index (χ2n) is 6.16. The standard InChI is InChI=1S/C22H19N3O5/c1-4-29-22(27)15(13-23)12-16-20(30-18-10-6-5-9-17(18)28-3)24-19-14(2)8-7-11-25(19)21(16)26/h5-12H,4H2,1-3H3. The molecule has 8 heteroatoms. The molecule has 0 saturated heterocycles. The van der Waals surface area contributed by atoms with Crippen LogP contribution in [0.2, 0.25) is 0 Å². The molecule has 0 aliphatic heterocycles. The van der Waals surface area contributed by atoms with Gasteiger partial charge in [0.1, 0.15) is 22.9 Å². The van der Waals surface area contributed by atoms with Crippen molar-refractivity contribution in [1.29, 1.82) is 5.26 Å². The first-order chi connectivity index (χ1) is 14.5. The smallest absolute Gasteiger partial charge is 0.348 e. The molecule has 0 aliphatic rings. The summed E-state index contributed by atoms with van der Waals surface area (Å²) < 4.78 is 17.4. The number of para-hydroxylation sites is 2. The monoisotopic (exact) mass is 405 g/mol. The molecule has 0 amide bonds. The SMILES string of the molecule is CCOC(=O)C(C#N)=Cc1c(Oc2ccccc2OC)nc2c(C)cccn2c1=O. The Hall–Kier alpha value is -4.12. The van der Waals surface area contributed by atoms with Gasteiger partial charge in [-0.2, -0.15) is 10.2 Å². The van der Waals surface area contributed by atoms with E-state index < -0.39 is 11.5 Å². The Morgan fingerprint density at radius 1 is 1.23 bits per heavy atom. The number of rotatable bonds is 6. The summed E-state index contributed by atoms with van der Waals surface area (Å²) in [5.74, 6) is -0.132. The third-order valence-corrected chi connectivity index (χ3v) is 4.23. The van der Waals surface area contributed by atoms with Crippen molar-refractivity contribution in [2.75, 3.05) is 13.7 Å². The number of ether oxygens (including phenoxy) is 3. The summed E-state index contributed by atoms with van der Waals surface area (Å²) in [4.78, 5) is 29.7. The van der Waals surface area contributed by atoms with Crippen LogP contribution < -0.4 is 15.0 Å². The zero-order chi connectivity index (χ0) is 21.7. The van der Waals surface area contributed by atoms with Crippen molar-refractivity contribution >= 4 is 17.7 Å². The summed E-state index contributed by atoms with van der Waals surface area (Å²) in [6, 6.07) is 12.1. The number of nitrogens with zero attached hydrogens (tertiary/aromatic N) is 3. The first-order valence-corrected chi connectivity index (χ1v) is 9.12. The van der Waals surface area contributed by atoms with Gasteiger partial charge in [-0.25, -0.2) is 4.79 Å². The number of fused-ring (bicyclic) bond motifs is 1. The van der Waals surface area contributed by atoms with E-state index in [1.54, 1.807) is 49.5 Å². The zero-order valence-corrected chi connectivity index (χ0v) is 16.7. The number of nitriles is 1. The molecule has 2 aromatic heterocycles. The molecule has 0 saturated carbocycles. The largest absolute Gasteiger partial charge is 0.493 e. The number of benzene rings is 1. The van der Waals surface area contributed by atoms with E-state index in [1.807, 2.05) is 13.0 Å². The average Bonchev–Trinajstić information content (AvgIpc) is 2.75. The lowest BCUT2D eigenvalue weighted by atomic mass is 10.2. The van der Waals surface area contributed by atoms with Crippen LogP contribution in [0.4, 0.5) is 0 Å². The fourth-order valence-electron chi connectivity index (χ4n) is 2.79. The number of aryl methyl sites for hydroxylation is 1. The molecular weight excluding hydrogens is 386 g/mol. The van der Waals surface area contributed by atoms with E-state index in [0.717, 1.165) is 11.6 Å². The lowest BCUT2D eigenvalue weighted by Crippen LogP contribution is -2.20. The van der Waals surface area contributed by atoms with Gasteiger partial charge in [0.25, 0.3) is 5.56 Å². The second kappa shape index (κ2) is 8.92. The van der Waals surface area contributed by atoms with Crippen LogP contribution in [0.5, 0.6) is 17.4 Å². The molecule has 0 atom stereocenters. The van der Waals surface area contributed by atoms with E-state index in [-0.39, 0.29) is 23.6 Å². The number of esters is 1. The molecule has 3 rings (SSSR count). The highest BCUT2D eigenvalue weighted by Crippen LogP contribution is 2.32. The minimum atomic E-state index is -0.836. The highest BCUT2D eigenvalue weighted by molar-refractivity contribution is 5.98. The lowest BCUT2D eigenvalue weighted by Gasteiger charge is -2.13. The van der Waals surface area contributed by atoms with Gasteiger partial charge in [-0.15, -0.1) is 0 Å². The van der Waals surface area contributed by atoms with Crippen LogP contribution in [-0.2, 0) is 9.53 Å². The van der Waals surface area contributed by atoms with Gasteiger partial charge < -0.3 is 14.2 Å². The van der Waals surface area contributed by atoms with Gasteiger partial charge >= 0.3 is 5.97 Å². The Balaban J connectivity index is 2.27. The Morgan fingerprint density at radius 3 is 2.63 bits per heavy atom. The number of methoxy groups -OCH3 is 1. The number of carbonyl (C=O) groups is 1. The van der Waals surface area contributed by atoms with Crippen LogP contribution >= 0.6 is 0 Å². The first kappa shape index (κ1) is 20.6. The summed E-state index contributed by atoms with van der Waals surface area (Å²) in [5.41, 5.74) is 0.243. The summed E-state index contributed by atoms with van der Waals surface area (Å²) in [6.07, 6.45) is 2.69. The fourth-order valence-corrected chi connectivity index (χ4v) is 2.79. The van der Waals surface area contributed by atoms with Crippen molar-refractivity contribution in [3.05, 3.63) is 69.6 Å². The van der Waals surface area contributed by atoms with Crippen LogP contribution in [0.1, 0.15) is 18.1 Å². The number of pyridine rings is 1. The zero-order valence-electron chi connectivity index (χ0n) is 16.7. The second-order valence-corrected chi connectivity index (χ2v) is 6.16. The molecule has 0 unspecified atom stereocenters. The third kappa shape index (κ3) is 4.00. The Morgan fingerprint density at radius 2 is 1.97 bits per heavy atom. The van der Waals surface area contributed by atoms with Crippen molar-refractivity contribution in [2.24, 2.45) is 0 Å².